The zero-order valence-corrected chi connectivity index (χ0v) is 11.8. The van der Waals surface area contributed by atoms with Crippen molar-refractivity contribution in [1.29, 1.82) is 0 Å². The number of nitrogens with two attached hydrogens (primary N) is 1. The van der Waals surface area contributed by atoms with Gasteiger partial charge in [0.25, 0.3) is 0 Å². The van der Waals surface area contributed by atoms with Gasteiger partial charge in [0.1, 0.15) is 0 Å². The maximum Gasteiger partial charge on any atom is 0.00964 e. The van der Waals surface area contributed by atoms with Gasteiger partial charge in [0.2, 0.25) is 0 Å². The van der Waals surface area contributed by atoms with E-state index in [-0.39, 0.29) is 0 Å². The van der Waals surface area contributed by atoms with Gasteiger partial charge in [0.05, 0.1) is 0 Å². The average Bonchev–Trinajstić information content (AvgIpc) is 2.49. The zero-order valence-electron chi connectivity index (χ0n) is 11.8. The van der Waals surface area contributed by atoms with E-state index in [1.807, 2.05) is 0 Å². The van der Waals surface area contributed by atoms with Crippen LogP contribution in [0.15, 0.2) is 30.3 Å². The van der Waals surface area contributed by atoms with E-state index < -0.39 is 0 Å². The number of piperidine rings is 1. The zero-order chi connectivity index (χ0) is 13.1. The molecule has 1 aliphatic heterocycles. The molecule has 2 aliphatic rings. The van der Waals surface area contributed by atoms with E-state index in [0.717, 1.165) is 12.0 Å². The molecule has 0 unspecified atom stereocenters. The Hall–Kier alpha value is -0.860. The van der Waals surface area contributed by atoms with Crippen molar-refractivity contribution in [2.24, 2.45) is 5.73 Å². The monoisotopic (exact) mass is 258 g/mol. The largest absolute Gasteiger partial charge is 0.328 e. The Bertz CT molecular complexity index is 374. The van der Waals surface area contributed by atoms with Crippen LogP contribution in [0.1, 0.15) is 50.0 Å². The molecule has 1 saturated heterocycles. The highest BCUT2D eigenvalue weighted by Crippen LogP contribution is 2.31. The number of rotatable bonds is 2. The van der Waals surface area contributed by atoms with Crippen LogP contribution in [0.2, 0.25) is 0 Å². The highest BCUT2D eigenvalue weighted by atomic mass is 15.2. The number of likely N-dealkylation sites (tertiary alicyclic amines) is 1. The van der Waals surface area contributed by atoms with Gasteiger partial charge in [0.15, 0.2) is 0 Å². The van der Waals surface area contributed by atoms with Crippen LogP contribution in [0.3, 0.4) is 0 Å². The molecule has 0 radical (unpaired) electrons. The molecule has 2 fully saturated rings. The predicted molar refractivity (Wildman–Crippen MR) is 80.2 cm³/mol. The summed E-state index contributed by atoms with van der Waals surface area (Å²) in [5.74, 6) is 0.781. The molecule has 0 spiro atoms. The second-order valence-corrected chi connectivity index (χ2v) is 6.29. The Kier molecular flexibility index (Phi) is 4.19. The first kappa shape index (κ1) is 13.1. The Labute approximate surface area is 117 Å². The molecule has 19 heavy (non-hydrogen) atoms. The molecule has 2 heteroatoms. The van der Waals surface area contributed by atoms with Gasteiger partial charge in [-0.05, 0) is 63.1 Å². The number of hydrogen-bond acceptors (Lipinski definition) is 2. The van der Waals surface area contributed by atoms with Gasteiger partial charge in [-0.25, -0.2) is 0 Å². The van der Waals surface area contributed by atoms with Crippen molar-refractivity contribution in [3.8, 4) is 0 Å². The topological polar surface area (TPSA) is 29.3 Å². The van der Waals surface area contributed by atoms with Crippen molar-refractivity contribution < 1.29 is 0 Å². The first-order valence-electron chi connectivity index (χ1n) is 7.87. The Morgan fingerprint density at radius 2 is 1.47 bits per heavy atom. The lowest BCUT2D eigenvalue weighted by molar-refractivity contribution is 0.117. The third kappa shape index (κ3) is 3.18. The second kappa shape index (κ2) is 6.06. The Balaban J connectivity index is 1.52. The smallest absolute Gasteiger partial charge is 0.00964 e. The van der Waals surface area contributed by atoms with Crippen molar-refractivity contribution in [2.45, 2.75) is 56.5 Å². The minimum Gasteiger partial charge on any atom is -0.328 e. The van der Waals surface area contributed by atoms with Crippen LogP contribution in [0.5, 0.6) is 0 Å². The summed E-state index contributed by atoms with van der Waals surface area (Å²) in [6.45, 7) is 2.55. The molecule has 104 valence electrons. The minimum absolute atomic E-state index is 0.470. The molecule has 2 N–H and O–H groups in total. The van der Waals surface area contributed by atoms with E-state index in [2.05, 4.69) is 35.2 Å². The molecular weight excluding hydrogens is 232 g/mol. The highest BCUT2D eigenvalue weighted by Gasteiger charge is 2.28. The van der Waals surface area contributed by atoms with Gasteiger partial charge in [0, 0.05) is 12.1 Å². The van der Waals surface area contributed by atoms with Gasteiger partial charge in [-0.3, -0.25) is 0 Å². The molecule has 1 aliphatic carbocycles. The van der Waals surface area contributed by atoms with E-state index in [1.54, 1.807) is 0 Å². The summed E-state index contributed by atoms with van der Waals surface area (Å²) in [5, 5.41) is 0. The lowest BCUT2D eigenvalue weighted by Gasteiger charge is -2.40. The molecule has 1 saturated carbocycles. The van der Waals surface area contributed by atoms with Gasteiger partial charge in [-0.2, -0.15) is 0 Å². The summed E-state index contributed by atoms with van der Waals surface area (Å²) >= 11 is 0. The van der Waals surface area contributed by atoms with Gasteiger partial charge in [-0.1, -0.05) is 30.3 Å². The van der Waals surface area contributed by atoms with E-state index in [4.69, 9.17) is 5.73 Å². The molecule has 0 atom stereocenters. The van der Waals surface area contributed by atoms with Crippen molar-refractivity contribution in [3.63, 3.8) is 0 Å². The third-order valence-corrected chi connectivity index (χ3v) is 5.06. The summed E-state index contributed by atoms with van der Waals surface area (Å²) in [5.41, 5.74) is 7.54. The summed E-state index contributed by atoms with van der Waals surface area (Å²) < 4.78 is 0. The molecule has 0 aromatic heterocycles. The molecule has 1 aromatic carbocycles. The maximum atomic E-state index is 6.01. The van der Waals surface area contributed by atoms with Crippen LogP contribution in [-0.4, -0.2) is 30.1 Å². The van der Waals surface area contributed by atoms with Crippen LogP contribution in [0, 0.1) is 0 Å². The normalized spacial score (nSPS) is 30.4. The first-order valence-corrected chi connectivity index (χ1v) is 7.87. The lowest BCUT2D eigenvalue weighted by atomic mass is 9.86. The molecule has 3 rings (SSSR count). The lowest BCUT2D eigenvalue weighted by Crippen LogP contribution is -2.44. The second-order valence-electron chi connectivity index (χ2n) is 6.29. The third-order valence-electron chi connectivity index (χ3n) is 5.06. The van der Waals surface area contributed by atoms with Crippen LogP contribution < -0.4 is 5.73 Å². The molecule has 0 bridgehead atoms. The first-order chi connectivity index (χ1) is 9.33. The summed E-state index contributed by atoms with van der Waals surface area (Å²) in [7, 11) is 0. The van der Waals surface area contributed by atoms with E-state index >= 15 is 0 Å². The fourth-order valence-corrected chi connectivity index (χ4v) is 3.79. The fourth-order valence-electron chi connectivity index (χ4n) is 3.79. The number of nitrogens with zero attached hydrogens (tertiary/aromatic N) is 1. The molecule has 1 heterocycles. The van der Waals surface area contributed by atoms with Crippen LogP contribution in [0.4, 0.5) is 0 Å². The predicted octanol–water partition coefficient (Wildman–Crippen LogP) is 3.14. The summed E-state index contributed by atoms with van der Waals surface area (Å²) in [6, 6.07) is 12.3. The fraction of sp³-hybridized carbons (Fsp3) is 0.647. The molecular formula is C17H26N2. The van der Waals surface area contributed by atoms with Crippen molar-refractivity contribution in [2.75, 3.05) is 13.1 Å². The summed E-state index contributed by atoms with van der Waals surface area (Å²) in [6.07, 6.45) is 7.74. The van der Waals surface area contributed by atoms with Crippen molar-refractivity contribution in [3.05, 3.63) is 35.9 Å². The van der Waals surface area contributed by atoms with Crippen LogP contribution in [-0.2, 0) is 0 Å². The quantitative estimate of drug-likeness (QED) is 0.883. The van der Waals surface area contributed by atoms with E-state index in [1.165, 1.54) is 57.2 Å². The van der Waals surface area contributed by atoms with E-state index in [9.17, 15) is 0 Å². The van der Waals surface area contributed by atoms with Crippen molar-refractivity contribution >= 4 is 0 Å². The molecule has 0 amide bonds. The van der Waals surface area contributed by atoms with Crippen molar-refractivity contribution in [1.82, 2.24) is 4.90 Å². The van der Waals surface area contributed by atoms with Gasteiger partial charge in [-0.15, -0.1) is 0 Å². The highest BCUT2D eigenvalue weighted by molar-refractivity contribution is 5.20. The molecule has 2 nitrogen and oxygen atoms in total. The maximum absolute atomic E-state index is 6.01. The number of hydrogen-bond donors (Lipinski definition) is 1. The van der Waals surface area contributed by atoms with Crippen LogP contribution in [0.25, 0.3) is 0 Å². The van der Waals surface area contributed by atoms with Gasteiger partial charge >= 0.3 is 0 Å². The molecule has 1 aromatic rings. The van der Waals surface area contributed by atoms with Crippen LogP contribution >= 0.6 is 0 Å². The average molecular weight is 258 g/mol. The van der Waals surface area contributed by atoms with E-state index in [0.29, 0.717) is 6.04 Å². The van der Waals surface area contributed by atoms with Gasteiger partial charge < -0.3 is 10.6 Å². The summed E-state index contributed by atoms with van der Waals surface area (Å²) in [4.78, 5) is 2.73. The minimum atomic E-state index is 0.470. The standard InChI is InChI=1S/C17H26N2/c18-16-6-8-17(9-7-16)19-12-10-15(11-13-19)14-4-2-1-3-5-14/h1-5,15-17H,6-13,18H2. The Morgan fingerprint density at radius 3 is 2.11 bits per heavy atom. The number of benzene rings is 1. The Morgan fingerprint density at radius 1 is 0.842 bits per heavy atom. The SMILES string of the molecule is NC1CCC(N2CCC(c3ccccc3)CC2)CC1.